The van der Waals surface area contributed by atoms with Gasteiger partial charge >= 0.3 is 5.97 Å². The van der Waals surface area contributed by atoms with Gasteiger partial charge in [0, 0.05) is 0 Å². The number of hydrogen-bond acceptors (Lipinski definition) is 4. The zero-order valence-corrected chi connectivity index (χ0v) is 13.6. The second kappa shape index (κ2) is 9.47. The number of carbonyl (C=O) groups excluding carboxylic acids is 2. The van der Waals surface area contributed by atoms with Gasteiger partial charge in [0.2, 0.25) is 6.41 Å². The molecule has 2 rings (SSSR count). The van der Waals surface area contributed by atoms with Crippen molar-refractivity contribution in [2.75, 3.05) is 0 Å². The second-order valence-corrected chi connectivity index (χ2v) is 5.36. The smallest absolute Gasteiger partial charge is 0.331 e. The normalized spacial score (nSPS) is 12.9. The minimum atomic E-state index is -0.852. The molecule has 0 saturated heterocycles. The van der Waals surface area contributed by atoms with E-state index in [-0.39, 0.29) is 6.61 Å². The molecule has 1 amide bonds. The van der Waals surface area contributed by atoms with Gasteiger partial charge in [0.25, 0.3) is 0 Å². The lowest BCUT2D eigenvalue weighted by molar-refractivity contribution is -0.152. The summed E-state index contributed by atoms with van der Waals surface area (Å²) in [5.74, 6) is -0.522. The average Bonchev–Trinajstić information content (AvgIpc) is 2.64. The fourth-order valence-corrected chi connectivity index (χ4v) is 2.19. The van der Waals surface area contributed by atoms with E-state index in [1.807, 2.05) is 60.7 Å². The number of benzene rings is 2. The topological polar surface area (TPSA) is 64.6 Å². The molecule has 1 N–H and O–H groups in total. The van der Waals surface area contributed by atoms with Crippen LogP contribution in [0.1, 0.15) is 18.1 Å². The lowest BCUT2D eigenvalue weighted by Crippen LogP contribution is -2.46. The Labute approximate surface area is 141 Å². The maximum Gasteiger partial charge on any atom is 0.331 e. The monoisotopic (exact) mass is 327 g/mol. The van der Waals surface area contributed by atoms with Crippen LogP contribution in [0.2, 0.25) is 0 Å². The van der Waals surface area contributed by atoms with Crippen LogP contribution in [-0.4, -0.2) is 24.5 Å². The average molecular weight is 327 g/mol. The largest absolute Gasteiger partial charge is 0.459 e. The molecule has 0 bridgehead atoms. The third-order valence-corrected chi connectivity index (χ3v) is 3.55. The number of esters is 1. The summed E-state index contributed by atoms with van der Waals surface area (Å²) < 4.78 is 11.0. The van der Waals surface area contributed by atoms with Crippen molar-refractivity contribution in [3.8, 4) is 0 Å². The molecule has 2 aromatic carbocycles. The van der Waals surface area contributed by atoms with E-state index in [0.717, 1.165) is 11.1 Å². The van der Waals surface area contributed by atoms with E-state index in [0.29, 0.717) is 13.0 Å². The van der Waals surface area contributed by atoms with Gasteiger partial charge in [-0.1, -0.05) is 60.7 Å². The summed E-state index contributed by atoms with van der Waals surface area (Å²) in [6.45, 7) is 2.24. The molecule has 2 atom stereocenters. The van der Waals surface area contributed by atoms with Crippen molar-refractivity contribution in [2.24, 2.45) is 0 Å². The zero-order valence-electron chi connectivity index (χ0n) is 13.6. The fraction of sp³-hybridized carbons (Fsp3) is 0.263. The Hall–Kier alpha value is -2.66. The lowest BCUT2D eigenvalue weighted by Gasteiger charge is -2.22. The van der Waals surface area contributed by atoms with E-state index in [1.54, 1.807) is 6.92 Å². The minimum Gasteiger partial charge on any atom is -0.459 e. The number of amides is 1. The van der Waals surface area contributed by atoms with Crippen LogP contribution in [0, 0.1) is 0 Å². The van der Waals surface area contributed by atoms with E-state index in [1.165, 1.54) is 0 Å². The second-order valence-electron chi connectivity index (χ2n) is 5.36. The molecule has 0 aromatic heterocycles. The molecule has 0 heterocycles. The van der Waals surface area contributed by atoms with Crippen molar-refractivity contribution in [2.45, 2.75) is 32.3 Å². The van der Waals surface area contributed by atoms with Crippen molar-refractivity contribution < 1.29 is 19.1 Å². The summed E-state index contributed by atoms with van der Waals surface area (Å²) in [4.78, 5) is 23.0. The highest BCUT2D eigenvalue weighted by molar-refractivity contribution is 5.78. The summed E-state index contributed by atoms with van der Waals surface area (Å²) in [5.41, 5.74) is 1.88. The van der Waals surface area contributed by atoms with Gasteiger partial charge in [-0.15, -0.1) is 0 Å². The Morgan fingerprint density at radius 3 is 2.08 bits per heavy atom. The molecule has 0 radical (unpaired) electrons. The van der Waals surface area contributed by atoms with Crippen molar-refractivity contribution in [3.05, 3.63) is 71.8 Å². The maximum atomic E-state index is 12.2. The summed E-state index contributed by atoms with van der Waals surface area (Å²) in [6.07, 6.45) is -0.0322. The molecule has 0 aliphatic rings. The Morgan fingerprint density at radius 1 is 1.00 bits per heavy atom. The standard InChI is InChI=1S/C19H21NO4/c1-15(23-12-16-8-4-2-5-9-16)18(20-14-21)19(22)24-13-17-10-6-3-7-11-17/h2-11,14-15,18H,12-13H2,1H3,(H,20,21). The highest BCUT2D eigenvalue weighted by Gasteiger charge is 2.27. The minimum absolute atomic E-state index is 0.155. The predicted octanol–water partition coefficient (Wildman–Crippen LogP) is 2.45. The first-order chi connectivity index (χ1) is 11.7. The Balaban J connectivity index is 1.88. The molecule has 24 heavy (non-hydrogen) atoms. The first kappa shape index (κ1) is 17.7. The van der Waals surface area contributed by atoms with Gasteiger partial charge in [-0.2, -0.15) is 0 Å². The summed E-state index contributed by atoms with van der Waals surface area (Å²) in [7, 11) is 0. The van der Waals surface area contributed by atoms with Crippen LogP contribution in [0.3, 0.4) is 0 Å². The molecule has 5 nitrogen and oxygen atoms in total. The van der Waals surface area contributed by atoms with Crippen LogP contribution in [-0.2, 0) is 32.3 Å². The fourth-order valence-electron chi connectivity index (χ4n) is 2.19. The number of carbonyl (C=O) groups is 2. The van der Waals surface area contributed by atoms with Crippen molar-refractivity contribution >= 4 is 12.4 Å². The van der Waals surface area contributed by atoms with Gasteiger partial charge in [-0.25, -0.2) is 4.79 Å². The van der Waals surface area contributed by atoms with Crippen LogP contribution in [0.15, 0.2) is 60.7 Å². The van der Waals surface area contributed by atoms with Gasteiger partial charge < -0.3 is 14.8 Å². The molecule has 5 heteroatoms. The van der Waals surface area contributed by atoms with Crippen LogP contribution in [0.5, 0.6) is 0 Å². The van der Waals surface area contributed by atoms with Gasteiger partial charge in [-0.05, 0) is 18.1 Å². The highest BCUT2D eigenvalue weighted by atomic mass is 16.5. The van der Waals surface area contributed by atoms with Gasteiger partial charge in [0.1, 0.15) is 6.61 Å². The number of rotatable bonds is 9. The molecule has 0 aliphatic carbocycles. The third kappa shape index (κ3) is 5.52. The third-order valence-electron chi connectivity index (χ3n) is 3.55. The van der Waals surface area contributed by atoms with E-state index in [2.05, 4.69) is 5.32 Å². The van der Waals surface area contributed by atoms with Crippen LogP contribution in [0.4, 0.5) is 0 Å². The zero-order chi connectivity index (χ0) is 17.2. The van der Waals surface area contributed by atoms with Crippen molar-refractivity contribution in [3.63, 3.8) is 0 Å². The summed E-state index contributed by atoms with van der Waals surface area (Å²) in [5, 5.41) is 2.47. The number of ether oxygens (including phenoxy) is 2. The molecular formula is C19H21NO4. The molecule has 2 aromatic rings. The Bertz CT molecular complexity index is 630. The molecule has 2 unspecified atom stereocenters. The van der Waals surface area contributed by atoms with E-state index in [9.17, 15) is 9.59 Å². The maximum absolute atomic E-state index is 12.2. The highest BCUT2D eigenvalue weighted by Crippen LogP contribution is 2.09. The van der Waals surface area contributed by atoms with Crippen molar-refractivity contribution in [1.82, 2.24) is 5.32 Å². The quantitative estimate of drug-likeness (QED) is 0.567. The molecule has 0 saturated carbocycles. The number of hydrogen-bond donors (Lipinski definition) is 1. The van der Waals surface area contributed by atoms with E-state index < -0.39 is 18.1 Å². The van der Waals surface area contributed by atoms with Crippen LogP contribution in [0.25, 0.3) is 0 Å². The Kier molecular flexibility index (Phi) is 6.98. The first-order valence-electron chi connectivity index (χ1n) is 7.76. The van der Waals surface area contributed by atoms with E-state index >= 15 is 0 Å². The van der Waals surface area contributed by atoms with Crippen molar-refractivity contribution in [1.29, 1.82) is 0 Å². The summed E-state index contributed by atoms with van der Waals surface area (Å²) >= 11 is 0. The van der Waals surface area contributed by atoms with Crippen LogP contribution < -0.4 is 5.32 Å². The Morgan fingerprint density at radius 2 is 1.54 bits per heavy atom. The van der Waals surface area contributed by atoms with Crippen LogP contribution >= 0.6 is 0 Å². The molecule has 0 spiro atoms. The molecule has 0 fully saturated rings. The molecule has 126 valence electrons. The van der Waals surface area contributed by atoms with Gasteiger partial charge in [0.15, 0.2) is 6.04 Å². The molecular weight excluding hydrogens is 306 g/mol. The van der Waals surface area contributed by atoms with Gasteiger partial charge in [0.05, 0.1) is 12.7 Å². The SMILES string of the molecule is CC(OCc1ccccc1)C(NC=O)C(=O)OCc1ccccc1. The predicted molar refractivity (Wildman–Crippen MR) is 89.9 cm³/mol. The van der Waals surface area contributed by atoms with Gasteiger partial charge in [-0.3, -0.25) is 4.79 Å². The molecule has 0 aliphatic heterocycles. The lowest BCUT2D eigenvalue weighted by atomic mass is 10.1. The first-order valence-corrected chi connectivity index (χ1v) is 7.76. The number of nitrogens with one attached hydrogen (secondary N) is 1. The summed E-state index contributed by atoms with van der Waals surface area (Å²) in [6, 6.07) is 18.1. The van der Waals surface area contributed by atoms with E-state index in [4.69, 9.17) is 9.47 Å².